The minimum Gasteiger partial charge on any atom is -0.239 e. The summed E-state index contributed by atoms with van der Waals surface area (Å²) >= 11 is 0. The largest absolute Gasteiger partial charge is 0.379 e. The van der Waals surface area contributed by atoms with E-state index in [0.717, 1.165) is 0 Å². The van der Waals surface area contributed by atoms with Crippen LogP contribution in [-0.2, 0) is 0 Å². The van der Waals surface area contributed by atoms with Gasteiger partial charge >= 0.3 is 17.8 Å². The molecule has 0 bridgehead atoms. The molecule has 1 saturated carbocycles. The molecule has 2 atom stereocenters. The van der Waals surface area contributed by atoms with Gasteiger partial charge in [-0.1, -0.05) is 12.2 Å². The first-order chi connectivity index (χ1) is 7.51. The van der Waals surface area contributed by atoms with Crippen LogP contribution in [0.15, 0.2) is 23.8 Å². The van der Waals surface area contributed by atoms with Crippen LogP contribution >= 0.6 is 0 Å². The smallest absolute Gasteiger partial charge is 0.239 e. The van der Waals surface area contributed by atoms with Crippen LogP contribution in [-0.4, -0.2) is 29.6 Å². The summed E-state index contributed by atoms with van der Waals surface area (Å²) in [4.78, 5) is 0. The van der Waals surface area contributed by atoms with Crippen LogP contribution in [0.4, 0.5) is 35.1 Å². The van der Waals surface area contributed by atoms with Crippen molar-refractivity contribution in [2.45, 2.75) is 29.6 Å². The van der Waals surface area contributed by atoms with E-state index in [2.05, 4.69) is 0 Å². The minimum absolute atomic E-state index is 0.0604. The molecule has 0 N–H and O–H groups in total. The molecule has 2 aliphatic carbocycles. The Labute approximate surface area is 89.6 Å². The van der Waals surface area contributed by atoms with Crippen molar-refractivity contribution in [3.63, 3.8) is 0 Å². The lowest BCUT2D eigenvalue weighted by Crippen LogP contribution is -2.55. The number of halogens is 8. The number of hydrogen-bond acceptors (Lipinski definition) is 0. The van der Waals surface area contributed by atoms with Crippen molar-refractivity contribution >= 4 is 0 Å². The van der Waals surface area contributed by atoms with Gasteiger partial charge in [-0.3, -0.25) is 0 Å². The predicted molar refractivity (Wildman–Crippen MR) is 40.8 cm³/mol. The molecule has 0 heterocycles. The Morgan fingerprint density at radius 1 is 0.882 bits per heavy atom. The van der Waals surface area contributed by atoms with Gasteiger partial charge in [-0.15, -0.1) is 0 Å². The van der Waals surface area contributed by atoms with Gasteiger partial charge in [0.15, 0.2) is 6.17 Å². The molecular weight excluding hydrogens is 260 g/mol. The van der Waals surface area contributed by atoms with Crippen molar-refractivity contribution in [1.82, 2.24) is 0 Å². The molecule has 0 aromatic heterocycles. The highest BCUT2D eigenvalue weighted by Crippen LogP contribution is 2.67. The van der Waals surface area contributed by atoms with Gasteiger partial charge in [-0.25, -0.2) is 8.78 Å². The van der Waals surface area contributed by atoms with Crippen LogP contribution in [0, 0.1) is 0 Å². The zero-order valence-electron chi connectivity index (χ0n) is 7.83. The summed E-state index contributed by atoms with van der Waals surface area (Å²) in [7, 11) is 0. The lowest BCUT2D eigenvalue weighted by molar-refractivity contribution is -0.290. The third kappa shape index (κ3) is 0.999. The molecule has 2 aliphatic rings. The molecule has 0 radical (unpaired) electrons. The summed E-state index contributed by atoms with van der Waals surface area (Å²) in [6, 6.07) is 0. The Morgan fingerprint density at radius 3 is 1.88 bits per heavy atom. The van der Waals surface area contributed by atoms with Crippen LogP contribution in [0.5, 0.6) is 0 Å². The van der Waals surface area contributed by atoms with E-state index in [1.807, 2.05) is 0 Å². The number of allylic oxidation sites excluding steroid dienone is 4. The van der Waals surface area contributed by atoms with Crippen molar-refractivity contribution < 1.29 is 35.1 Å². The molecule has 0 saturated heterocycles. The number of fused-ring (bicyclic) bond motifs is 1. The quantitative estimate of drug-likeness (QED) is 0.588. The van der Waals surface area contributed by atoms with Gasteiger partial charge in [0.05, 0.1) is 5.57 Å². The lowest BCUT2D eigenvalue weighted by Gasteiger charge is -2.31. The third-order valence-corrected chi connectivity index (χ3v) is 2.90. The normalized spacial score (nSPS) is 40.9. The molecular formula is C9H4F8. The van der Waals surface area contributed by atoms with Crippen molar-refractivity contribution in [1.29, 1.82) is 0 Å². The summed E-state index contributed by atoms with van der Waals surface area (Å²) in [5, 5.41) is 0. The van der Waals surface area contributed by atoms with E-state index >= 15 is 0 Å². The summed E-state index contributed by atoms with van der Waals surface area (Å²) in [6.45, 7) is 0. The van der Waals surface area contributed by atoms with E-state index in [0.29, 0.717) is 6.08 Å². The van der Waals surface area contributed by atoms with Gasteiger partial charge in [-0.05, 0) is 6.08 Å². The summed E-state index contributed by atoms with van der Waals surface area (Å²) < 4.78 is 105. The highest BCUT2D eigenvalue weighted by Gasteiger charge is 2.91. The molecule has 0 spiro atoms. The van der Waals surface area contributed by atoms with Crippen molar-refractivity contribution in [2.24, 2.45) is 0 Å². The number of hydrogen-bond donors (Lipinski definition) is 0. The highest BCUT2D eigenvalue weighted by atomic mass is 19.3. The Hall–Kier alpha value is -1.08. The standard InChI is InChI=1S/C9H4F8/c10-5-3-1-2-4-6(5,11)8(14,15)9(16,17)7(4,12)13/h1-3,5H. The lowest BCUT2D eigenvalue weighted by atomic mass is 9.86. The SMILES string of the molecule is FC1C=CC=C2C(F)(F)C(F)(F)C(F)(F)C21F. The van der Waals surface area contributed by atoms with Gasteiger partial charge in [0, 0.05) is 0 Å². The van der Waals surface area contributed by atoms with E-state index in [4.69, 9.17) is 0 Å². The Kier molecular flexibility index (Phi) is 2.07. The molecule has 2 unspecified atom stereocenters. The Balaban J connectivity index is 2.76. The first kappa shape index (κ1) is 12.4. The van der Waals surface area contributed by atoms with Gasteiger partial charge in [0.25, 0.3) is 0 Å². The third-order valence-electron chi connectivity index (χ3n) is 2.90. The molecule has 0 nitrogen and oxygen atoms in total. The van der Waals surface area contributed by atoms with E-state index in [9.17, 15) is 35.1 Å². The first-order valence-electron chi connectivity index (χ1n) is 4.37. The zero-order chi connectivity index (χ0) is 13.3. The second-order valence-corrected chi connectivity index (χ2v) is 3.80. The molecule has 96 valence electrons. The molecule has 8 heteroatoms. The molecule has 17 heavy (non-hydrogen) atoms. The topological polar surface area (TPSA) is 0 Å². The Morgan fingerprint density at radius 2 is 1.41 bits per heavy atom. The van der Waals surface area contributed by atoms with Crippen LogP contribution in [0.2, 0.25) is 0 Å². The molecule has 0 aromatic carbocycles. The fourth-order valence-corrected chi connectivity index (χ4v) is 1.92. The van der Waals surface area contributed by atoms with Crippen LogP contribution in [0.25, 0.3) is 0 Å². The van der Waals surface area contributed by atoms with Crippen molar-refractivity contribution in [3.8, 4) is 0 Å². The maximum Gasteiger partial charge on any atom is 0.379 e. The predicted octanol–water partition coefficient (Wildman–Crippen LogP) is 3.45. The summed E-state index contributed by atoms with van der Waals surface area (Å²) in [5.74, 6) is -17.2. The zero-order valence-corrected chi connectivity index (χ0v) is 7.83. The van der Waals surface area contributed by atoms with E-state index in [1.165, 1.54) is 0 Å². The van der Waals surface area contributed by atoms with Gasteiger partial charge in [-0.2, -0.15) is 26.3 Å². The molecule has 2 rings (SSSR count). The maximum absolute atomic E-state index is 13.7. The van der Waals surface area contributed by atoms with E-state index in [1.54, 1.807) is 0 Å². The minimum atomic E-state index is -5.98. The van der Waals surface area contributed by atoms with E-state index < -0.39 is 35.2 Å². The molecule has 0 amide bonds. The Bertz CT molecular complexity index is 421. The van der Waals surface area contributed by atoms with Gasteiger partial charge in [0.1, 0.15) is 0 Å². The average molecular weight is 264 g/mol. The van der Waals surface area contributed by atoms with Crippen molar-refractivity contribution in [3.05, 3.63) is 23.8 Å². The maximum atomic E-state index is 13.7. The molecule has 1 fully saturated rings. The van der Waals surface area contributed by atoms with Crippen LogP contribution < -0.4 is 0 Å². The van der Waals surface area contributed by atoms with E-state index in [-0.39, 0.29) is 12.2 Å². The van der Waals surface area contributed by atoms with Gasteiger partial charge in [0.2, 0.25) is 5.67 Å². The number of alkyl halides is 8. The fraction of sp³-hybridized carbons (Fsp3) is 0.556. The molecule has 0 aromatic rings. The second-order valence-electron chi connectivity index (χ2n) is 3.80. The monoisotopic (exact) mass is 264 g/mol. The number of rotatable bonds is 0. The van der Waals surface area contributed by atoms with Crippen LogP contribution in [0.1, 0.15) is 0 Å². The van der Waals surface area contributed by atoms with Gasteiger partial charge < -0.3 is 0 Å². The second kappa shape index (κ2) is 2.84. The highest BCUT2D eigenvalue weighted by molar-refractivity contribution is 5.48. The fourth-order valence-electron chi connectivity index (χ4n) is 1.92. The van der Waals surface area contributed by atoms with Crippen LogP contribution in [0.3, 0.4) is 0 Å². The molecule has 0 aliphatic heterocycles. The summed E-state index contributed by atoms with van der Waals surface area (Å²) in [5.41, 5.74) is -6.94. The first-order valence-corrected chi connectivity index (χ1v) is 4.37. The summed E-state index contributed by atoms with van der Waals surface area (Å²) in [6.07, 6.45) is -2.50. The average Bonchev–Trinajstić information content (AvgIpc) is 2.27. The van der Waals surface area contributed by atoms with Crippen molar-refractivity contribution in [2.75, 3.05) is 0 Å².